The molecule has 0 amide bonds. The SMILES string of the molecule is Cc1c(O)c(O)cc2c(NCCCCO)ncnc12. The van der Waals surface area contributed by atoms with E-state index in [0.717, 1.165) is 12.8 Å². The van der Waals surface area contributed by atoms with Crippen LogP contribution in [0.5, 0.6) is 11.5 Å². The Kier molecular flexibility index (Phi) is 4.01. The first-order valence-corrected chi connectivity index (χ1v) is 6.16. The van der Waals surface area contributed by atoms with Gasteiger partial charge in [0.05, 0.1) is 5.52 Å². The normalized spacial score (nSPS) is 10.8. The van der Waals surface area contributed by atoms with Gasteiger partial charge in [-0.15, -0.1) is 0 Å². The number of aryl methyl sites for hydroxylation is 1. The monoisotopic (exact) mass is 263 g/mol. The van der Waals surface area contributed by atoms with Gasteiger partial charge in [0.1, 0.15) is 12.1 Å². The van der Waals surface area contributed by atoms with E-state index >= 15 is 0 Å². The predicted octanol–water partition coefficient (Wildman–Crippen LogP) is 1.53. The number of fused-ring (bicyclic) bond motifs is 1. The fourth-order valence-electron chi connectivity index (χ4n) is 1.92. The molecule has 0 radical (unpaired) electrons. The van der Waals surface area contributed by atoms with E-state index in [4.69, 9.17) is 5.11 Å². The van der Waals surface area contributed by atoms with Gasteiger partial charge in [0.15, 0.2) is 11.5 Å². The highest BCUT2D eigenvalue weighted by molar-refractivity contribution is 5.93. The molecule has 0 aliphatic carbocycles. The molecule has 4 N–H and O–H groups in total. The fourth-order valence-corrected chi connectivity index (χ4v) is 1.92. The molecule has 2 rings (SSSR count). The Morgan fingerprint density at radius 3 is 2.74 bits per heavy atom. The van der Waals surface area contributed by atoms with Crippen LogP contribution in [-0.4, -0.2) is 38.4 Å². The molecule has 2 aromatic rings. The van der Waals surface area contributed by atoms with Gasteiger partial charge in [0, 0.05) is 24.1 Å². The third-order valence-corrected chi connectivity index (χ3v) is 3.00. The van der Waals surface area contributed by atoms with Crippen LogP contribution in [0.1, 0.15) is 18.4 Å². The Morgan fingerprint density at radius 2 is 2.00 bits per heavy atom. The Balaban J connectivity index is 2.34. The fraction of sp³-hybridized carbons (Fsp3) is 0.385. The summed E-state index contributed by atoms with van der Waals surface area (Å²) in [5, 5.41) is 31.9. The number of aliphatic hydroxyl groups excluding tert-OH is 1. The second-order valence-electron chi connectivity index (χ2n) is 4.35. The summed E-state index contributed by atoms with van der Waals surface area (Å²) >= 11 is 0. The standard InChI is InChI=1S/C13H17N3O3/c1-8-11-9(6-10(18)12(8)19)13(16-7-15-11)14-4-2-3-5-17/h6-7,17-19H,2-5H2,1H3,(H,14,15,16). The summed E-state index contributed by atoms with van der Waals surface area (Å²) in [5.74, 6) is 0.275. The second kappa shape index (κ2) is 5.71. The zero-order valence-electron chi connectivity index (χ0n) is 10.7. The Hall–Kier alpha value is -2.08. The molecule has 0 aliphatic heterocycles. The number of aromatic nitrogens is 2. The molecule has 0 saturated carbocycles. The molecule has 0 atom stereocenters. The molecule has 6 heteroatoms. The van der Waals surface area contributed by atoms with Crippen LogP contribution in [0.25, 0.3) is 10.9 Å². The number of nitrogens with zero attached hydrogens (tertiary/aromatic N) is 2. The van der Waals surface area contributed by atoms with Gasteiger partial charge in [0.2, 0.25) is 0 Å². The van der Waals surface area contributed by atoms with Gasteiger partial charge < -0.3 is 20.6 Å². The van der Waals surface area contributed by atoms with Crippen LogP contribution in [0.2, 0.25) is 0 Å². The Labute approximate surface area is 110 Å². The van der Waals surface area contributed by atoms with Crippen molar-refractivity contribution in [3.05, 3.63) is 18.0 Å². The summed E-state index contributed by atoms with van der Waals surface area (Å²) in [6, 6.07) is 1.45. The summed E-state index contributed by atoms with van der Waals surface area (Å²) in [7, 11) is 0. The van der Waals surface area contributed by atoms with Crippen molar-refractivity contribution in [2.75, 3.05) is 18.5 Å². The maximum Gasteiger partial charge on any atom is 0.162 e. The summed E-state index contributed by atoms with van der Waals surface area (Å²) < 4.78 is 0. The van der Waals surface area contributed by atoms with Crippen molar-refractivity contribution in [3.63, 3.8) is 0 Å². The van der Waals surface area contributed by atoms with Crippen molar-refractivity contribution < 1.29 is 15.3 Å². The molecule has 0 unspecified atom stereocenters. The number of phenols is 2. The van der Waals surface area contributed by atoms with E-state index < -0.39 is 0 Å². The lowest BCUT2D eigenvalue weighted by Gasteiger charge is -2.11. The van der Waals surface area contributed by atoms with E-state index in [1.165, 1.54) is 12.4 Å². The number of rotatable bonds is 5. The van der Waals surface area contributed by atoms with Gasteiger partial charge in [-0.2, -0.15) is 0 Å². The van der Waals surface area contributed by atoms with E-state index in [2.05, 4.69) is 15.3 Å². The Morgan fingerprint density at radius 1 is 1.21 bits per heavy atom. The minimum atomic E-state index is -0.182. The van der Waals surface area contributed by atoms with E-state index in [1.807, 2.05) is 0 Å². The van der Waals surface area contributed by atoms with Crippen LogP contribution in [0.15, 0.2) is 12.4 Å². The van der Waals surface area contributed by atoms with Crippen molar-refractivity contribution in [1.29, 1.82) is 0 Å². The molecule has 0 spiro atoms. The molecule has 0 fully saturated rings. The van der Waals surface area contributed by atoms with Crippen LogP contribution in [0.4, 0.5) is 5.82 Å². The van der Waals surface area contributed by atoms with Crippen LogP contribution in [0.3, 0.4) is 0 Å². The minimum absolute atomic E-state index is 0.155. The molecular formula is C13H17N3O3. The smallest absolute Gasteiger partial charge is 0.162 e. The van der Waals surface area contributed by atoms with Crippen molar-refractivity contribution in [2.24, 2.45) is 0 Å². The van der Waals surface area contributed by atoms with Crippen LogP contribution >= 0.6 is 0 Å². The first kappa shape index (κ1) is 13.4. The van der Waals surface area contributed by atoms with E-state index in [0.29, 0.717) is 28.8 Å². The third kappa shape index (κ3) is 2.68. The second-order valence-corrected chi connectivity index (χ2v) is 4.35. The number of hydrogen-bond acceptors (Lipinski definition) is 6. The summed E-state index contributed by atoms with van der Waals surface area (Å²) in [4.78, 5) is 8.26. The lowest BCUT2D eigenvalue weighted by atomic mass is 10.1. The number of nitrogens with one attached hydrogen (secondary N) is 1. The highest BCUT2D eigenvalue weighted by Crippen LogP contribution is 2.36. The third-order valence-electron chi connectivity index (χ3n) is 3.00. The van der Waals surface area contributed by atoms with Crippen LogP contribution < -0.4 is 5.32 Å². The van der Waals surface area contributed by atoms with Crippen LogP contribution in [0, 0.1) is 6.92 Å². The highest BCUT2D eigenvalue weighted by atomic mass is 16.3. The maximum absolute atomic E-state index is 9.68. The number of hydrogen-bond donors (Lipinski definition) is 4. The van der Waals surface area contributed by atoms with Crippen LogP contribution in [-0.2, 0) is 0 Å². The average Bonchev–Trinajstić information content (AvgIpc) is 2.42. The van der Waals surface area contributed by atoms with Gasteiger partial charge in [-0.1, -0.05) is 0 Å². The van der Waals surface area contributed by atoms with Gasteiger partial charge in [-0.25, -0.2) is 9.97 Å². The molecule has 6 nitrogen and oxygen atoms in total. The summed E-state index contributed by atoms with van der Waals surface area (Å²) in [6.07, 6.45) is 2.96. The van der Waals surface area contributed by atoms with E-state index in [-0.39, 0.29) is 18.1 Å². The van der Waals surface area contributed by atoms with Crippen molar-refractivity contribution >= 4 is 16.7 Å². The molecule has 1 aromatic heterocycles. The van der Waals surface area contributed by atoms with Crippen molar-refractivity contribution in [1.82, 2.24) is 9.97 Å². The maximum atomic E-state index is 9.68. The quantitative estimate of drug-likeness (QED) is 0.482. The molecule has 1 heterocycles. The Bertz CT molecular complexity index is 587. The molecule has 0 aliphatic rings. The van der Waals surface area contributed by atoms with Gasteiger partial charge in [-0.05, 0) is 25.8 Å². The van der Waals surface area contributed by atoms with Crippen molar-refractivity contribution in [3.8, 4) is 11.5 Å². The lowest BCUT2D eigenvalue weighted by molar-refractivity contribution is 0.286. The number of benzene rings is 1. The van der Waals surface area contributed by atoms with Gasteiger partial charge in [0.25, 0.3) is 0 Å². The predicted molar refractivity (Wildman–Crippen MR) is 72.4 cm³/mol. The van der Waals surface area contributed by atoms with Crippen molar-refractivity contribution in [2.45, 2.75) is 19.8 Å². The average molecular weight is 263 g/mol. The lowest BCUT2D eigenvalue weighted by Crippen LogP contribution is -2.05. The largest absolute Gasteiger partial charge is 0.504 e. The van der Waals surface area contributed by atoms with Gasteiger partial charge >= 0.3 is 0 Å². The molecular weight excluding hydrogens is 246 g/mol. The molecule has 102 valence electrons. The first-order valence-electron chi connectivity index (χ1n) is 6.16. The van der Waals surface area contributed by atoms with Gasteiger partial charge in [-0.3, -0.25) is 0 Å². The topological polar surface area (TPSA) is 98.5 Å². The minimum Gasteiger partial charge on any atom is -0.504 e. The number of aliphatic hydroxyl groups is 1. The molecule has 1 aromatic carbocycles. The number of unbranched alkanes of at least 4 members (excludes halogenated alkanes) is 1. The molecule has 0 saturated heterocycles. The number of phenolic OH excluding ortho intramolecular Hbond substituents is 2. The molecule has 0 bridgehead atoms. The number of aromatic hydroxyl groups is 2. The zero-order chi connectivity index (χ0) is 13.8. The van der Waals surface area contributed by atoms with E-state index in [1.54, 1.807) is 6.92 Å². The highest BCUT2D eigenvalue weighted by Gasteiger charge is 2.12. The first-order chi connectivity index (χ1) is 9.15. The zero-order valence-corrected chi connectivity index (χ0v) is 10.7. The number of anilines is 1. The van der Waals surface area contributed by atoms with E-state index in [9.17, 15) is 10.2 Å². The summed E-state index contributed by atoms with van der Waals surface area (Å²) in [6.45, 7) is 2.53. The molecule has 19 heavy (non-hydrogen) atoms. The summed E-state index contributed by atoms with van der Waals surface area (Å²) in [5.41, 5.74) is 1.13.